The Kier molecular flexibility index (Phi) is 5.09. The van der Waals surface area contributed by atoms with Crippen LogP contribution in [0.2, 0.25) is 0 Å². The maximum atomic E-state index is 13.6. The summed E-state index contributed by atoms with van der Waals surface area (Å²) in [6, 6.07) is 0. The van der Waals surface area contributed by atoms with Gasteiger partial charge in [-0.05, 0) is 19.3 Å². The van der Waals surface area contributed by atoms with E-state index in [0.717, 1.165) is 0 Å². The van der Waals surface area contributed by atoms with Crippen molar-refractivity contribution < 1.29 is 43.6 Å². The minimum absolute atomic E-state index is 0.145. The maximum Gasteiger partial charge on any atom is 0.512 e. The molecule has 7 nitrogen and oxygen atoms in total. The average molecular weight is 374 g/mol. The number of hydrogen-bond acceptors (Lipinski definition) is 5. The van der Waals surface area contributed by atoms with Gasteiger partial charge < -0.3 is 4.90 Å². The van der Waals surface area contributed by atoms with Crippen molar-refractivity contribution in [3.8, 4) is 0 Å². The molecule has 130 valence electrons. The largest absolute Gasteiger partial charge is 0.512 e. The molecule has 0 saturated carbocycles. The standard InChI is InChI=1S/C8H11F5N2O5S2/c9-7(10,6(16)15-4-2-1-3-5-15)21(17,18)14-22(19,20)8(11,12)13/h14H,1-5H2. The number of nitrogens with one attached hydrogen (secondary N) is 1. The first-order valence-corrected chi connectivity index (χ1v) is 8.70. The van der Waals surface area contributed by atoms with E-state index in [2.05, 4.69) is 0 Å². The molecule has 0 aliphatic carbocycles. The van der Waals surface area contributed by atoms with Crippen LogP contribution in [0.15, 0.2) is 0 Å². The van der Waals surface area contributed by atoms with Crippen LogP contribution >= 0.6 is 0 Å². The summed E-state index contributed by atoms with van der Waals surface area (Å²) in [7, 11) is -13.0. The molecule has 0 spiro atoms. The number of hydrogen-bond donors (Lipinski definition) is 1. The van der Waals surface area contributed by atoms with Gasteiger partial charge in [-0.25, -0.2) is 16.8 Å². The first-order chi connectivity index (χ1) is 9.72. The molecule has 1 rings (SSSR count). The molecule has 0 atom stereocenters. The predicted octanol–water partition coefficient (Wildman–Crippen LogP) is 0.361. The molecule has 0 bridgehead atoms. The molecule has 1 fully saturated rings. The van der Waals surface area contributed by atoms with E-state index in [4.69, 9.17) is 0 Å². The number of alkyl halides is 5. The van der Waals surface area contributed by atoms with Crippen molar-refractivity contribution in [2.45, 2.75) is 30.0 Å². The van der Waals surface area contributed by atoms with Gasteiger partial charge in [0.1, 0.15) is 0 Å². The van der Waals surface area contributed by atoms with Crippen LogP contribution in [0, 0.1) is 0 Å². The van der Waals surface area contributed by atoms with Gasteiger partial charge in [0.15, 0.2) is 0 Å². The van der Waals surface area contributed by atoms with Crippen molar-refractivity contribution in [2.75, 3.05) is 13.1 Å². The van der Waals surface area contributed by atoms with E-state index in [1.54, 1.807) is 0 Å². The minimum atomic E-state index is -6.59. The van der Waals surface area contributed by atoms with Crippen LogP contribution in [0.4, 0.5) is 22.0 Å². The molecule has 22 heavy (non-hydrogen) atoms. The molecule has 1 amide bonds. The second-order valence-corrected chi connectivity index (χ2v) is 8.06. The molecule has 0 aromatic rings. The van der Waals surface area contributed by atoms with E-state index in [0.29, 0.717) is 24.2 Å². The van der Waals surface area contributed by atoms with E-state index >= 15 is 0 Å². The van der Waals surface area contributed by atoms with Crippen LogP contribution in [0.1, 0.15) is 19.3 Å². The van der Waals surface area contributed by atoms with Gasteiger partial charge in [0.2, 0.25) is 0 Å². The fraction of sp³-hybridized carbons (Fsp3) is 0.875. The summed E-state index contributed by atoms with van der Waals surface area (Å²) in [5.74, 6) is -2.27. The van der Waals surface area contributed by atoms with E-state index in [-0.39, 0.29) is 17.2 Å². The first kappa shape index (κ1) is 19.0. The third-order valence-electron chi connectivity index (χ3n) is 2.75. The highest BCUT2D eigenvalue weighted by atomic mass is 32.3. The van der Waals surface area contributed by atoms with Crippen molar-refractivity contribution >= 4 is 26.0 Å². The lowest BCUT2D eigenvalue weighted by atomic mass is 10.1. The Labute approximate surface area is 122 Å². The summed E-state index contributed by atoms with van der Waals surface area (Å²) in [4.78, 5) is 11.9. The molecule has 14 heteroatoms. The van der Waals surface area contributed by atoms with Crippen molar-refractivity contribution in [2.24, 2.45) is 0 Å². The van der Waals surface area contributed by atoms with E-state index in [1.165, 1.54) is 0 Å². The number of halogens is 5. The zero-order valence-corrected chi connectivity index (χ0v) is 12.4. The number of sulfonamides is 2. The number of piperidine rings is 1. The number of amides is 1. The topological polar surface area (TPSA) is 101 Å². The highest BCUT2D eigenvalue weighted by molar-refractivity contribution is 8.05. The van der Waals surface area contributed by atoms with Gasteiger partial charge in [0.25, 0.3) is 0 Å². The second-order valence-electron chi connectivity index (χ2n) is 4.41. The monoisotopic (exact) mass is 374 g/mol. The second kappa shape index (κ2) is 5.88. The third-order valence-corrected chi connectivity index (χ3v) is 5.97. The molecule has 1 aliphatic heterocycles. The van der Waals surface area contributed by atoms with Crippen LogP contribution in [0.5, 0.6) is 0 Å². The predicted molar refractivity (Wildman–Crippen MR) is 62.4 cm³/mol. The molecule has 0 radical (unpaired) electrons. The van der Waals surface area contributed by atoms with Crippen LogP contribution in [0.25, 0.3) is 0 Å². The molecule has 1 heterocycles. The smallest absolute Gasteiger partial charge is 0.336 e. The molecule has 0 aromatic carbocycles. The van der Waals surface area contributed by atoms with Crippen LogP contribution < -0.4 is 4.13 Å². The molecular formula is C8H11F5N2O5S2. The van der Waals surface area contributed by atoms with Gasteiger partial charge in [0.05, 0.1) is 0 Å². The lowest BCUT2D eigenvalue weighted by molar-refractivity contribution is -0.147. The van der Waals surface area contributed by atoms with Crippen LogP contribution in [0.3, 0.4) is 0 Å². The molecule has 0 aromatic heterocycles. The van der Waals surface area contributed by atoms with Crippen molar-refractivity contribution in [3.63, 3.8) is 0 Å². The average Bonchev–Trinajstić information content (AvgIpc) is 2.36. The molecule has 1 N–H and O–H groups in total. The van der Waals surface area contributed by atoms with Gasteiger partial charge in [-0.2, -0.15) is 22.0 Å². The minimum Gasteiger partial charge on any atom is -0.336 e. The lowest BCUT2D eigenvalue weighted by Crippen LogP contribution is -2.55. The fourth-order valence-corrected chi connectivity index (χ4v) is 3.95. The third kappa shape index (κ3) is 3.65. The Morgan fingerprint density at radius 2 is 1.32 bits per heavy atom. The normalized spacial score (nSPS) is 18.3. The fourth-order valence-electron chi connectivity index (χ4n) is 1.64. The SMILES string of the molecule is O=C(N1CCCCC1)C(F)(F)S(=O)(=O)NS(=O)(=O)C(F)(F)F. The number of carbonyl (C=O) groups is 1. The first-order valence-electron chi connectivity index (χ1n) is 5.74. The maximum absolute atomic E-state index is 13.6. The molecular weight excluding hydrogens is 363 g/mol. The summed E-state index contributed by atoms with van der Waals surface area (Å²) in [6.07, 6.45) is 1.25. The molecule has 0 unspecified atom stereocenters. The van der Waals surface area contributed by atoms with Crippen molar-refractivity contribution in [3.05, 3.63) is 0 Å². The lowest BCUT2D eigenvalue weighted by Gasteiger charge is -2.29. The van der Waals surface area contributed by atoms with Crippen LogP contribution in [-0.2, 0) is 24.8 Å². The van der Waals surface area contributed by atoms with Crippen LogP contribution in [-0.4, -0.2) is 51.5 Å². The highest BCUT2D eigenvalue weighted by Gasteiger charge is 2.59. The van der Waals surface area contributed by atoms with Crippen molar-refractivity contribution in [1.82, 2.24) is 9.03 Å². The summed E-state index contributed by atoms with van der Waals surface area (Å²) in [5.41, 5.74) is -6.12. The zero-order chi connectivity index (χ0) is 17.4. The van der Waals surface area contributed by atoms with Gasteiger partial charge >= 0.3 is 36.7 Å². The van der Waals surface area contributed by atoms with E-state index in [9.17, 15) is 43.6 Å². The number of likely N-dealkylation sites (tertiary alicyclic amines) is 1. The quantitative estimate of drug-likeness (QED) is 0.716. The summed E-state index contributed by atoms with van der Waals surface area (Å²) in [5, 5.41) is -5.34. The Morgan fingerprint density at radius 1 is 0.864 bits per heavy atom. The molecule has 1 saturated heterocycles. The Hall–Kier alpha value is -1.02. The summed E-state index contributed by atoms with van der Waals surface area (Å²) in [6.45, 7) is -0.397. The highest BCUT2D eigenvalue weighted by Crippen LogP contribution is 2.29. The summed E-state index contributed by atoms with van der Waals surface area (Å²) < 4.78 is 107. The summed E-state index contributed by atoms with van der Waals surface area (Å²) >= 11 is 0. The van der Waals surface area contributed by atoms with Gasteiger partial charge in [-0.1, -0.05) is 4.13 Å². The Balaban J connectivity index is 3.07. The number of nitrogens with zero attached hydrogens (tertiary/aromatic N) is 1. The Bertz CT molecular complexity index is 636. The van der Waals surface area contributed by atoms with E-state index < -0.39 is 36.7 Å². The van der Waals surface area contributed by atoms with E-state index in [1.807, 2.05) is 0 Å². The number of rotatable bonds is 4. The Morgan fingerprint density at radius 3 is 1.73 bits per heavy atom. The number of carbonyl (C=O) groups excluding carboxylic acids is 1. The van der Waals surface area contributed by atoms with Gasteiger partial charge in [-0.15, -0.1) is 0 Å². The van der Waals surface area contributed by atoms with Gasteiger partial charge in [-0.3, -0.25) is 4.79 Å². The molecule has 1 aliphatic rings. The van der Waals surface area contributed by atoms with Crippen molar-refractivity contribution in [1.29, 1.82) is 0 Å². The van der Waals surface area contributed by atoms with Gasteiger partial charge in [0, 0.05) is 13.1 Å². The zero-order valence-electron chi connectivity index (χ0n) is 10.7.